The molecule has 2 bridgehead atoms. The van der Waals surface area contributed by atoms with Crippen LogP contribution in [0.1, 0.15) is 93.4 Å². The van der Waals surface area contributed by atoms with Crippen molar-refractivity contribution >= 4 is 23.7 Å². The molecule has 2 fully saturated rings. The van der Waals surface area contributed by atoms with Gasteiger partial charge in [-0.25, -0.2) is 0 Å². The van der Waals surface area contributed by atoms with Crippen LogP contribution >= 0.6 is 0 Å². The summed E-state index contributed by atoms with van der Waals surface area (Å²) in [6, 6.07) is 0. The van der Waals surface area contributed by atoms with Crippen molar-refractivity contribution in [2.75, 3.05) is 13.2 Å². The monoisotopic (exact) mass is 466 g/mol. The van der Waals surface area contributed by atoms with Gasteiger partial charge in [0, 0.05) is 5.41 Å². The fourth-order valence-corrected chi connectivity index (χ4v) is 5.41. The summed E-state index contributed by atoms with van der Waals surface area (Å²) in [6.07, 6.45) is 4.62. The first-order valence-electron chi connectivity index (χ1n) is 12.3. The zero-order chi connectivity index (χ0) is 25.0. The Morgan fingerprint density at radius 2 is 1.70 bits per heavy atom. The number of hydrogen-bond donors (Lipinski definition) is 0. The van der Waals surface area contributed by atoms with Crippen LogP contribution < -0.4 is 0 Å². The van der Waals surface area contributed by atoms with E-state index in [4.69, 9.17) is 14.2 Å². The van der Waals surface area contributed by atoms with Gasteiger partial charge in [-0.05, 0) is 70.6 Å². The van der Waals surface area contributed by atoms with Crippen LogP contribution in [0.25, 0.3) is 0 Å². The third-order valence-corrected chi connectivity index (χ3v) is 8.44. The molecule has 0 spiro atoms. The Labute approximate surface area is 198 Å². The number of hydrogen-bond acceptors (Lipinski definition) is 7. The van der Waals surface area contributed by atoms with Gasteiger partial charge < -0.3 is 14.2 Å². The van der Waals surface area contributed by atoms with E-state index in [9.17, 15) is 19.2 Å². The van der Waals surface area contributed by atoms with Crippen molar-refractivity contribution in [1.29, 1.82) is 0 Å². The second kappa shape index (κ2) is 10.6. The molecule has 0 radical (unpaired) electrons. The lowest BCUT2D eigenvalue weighted by molar-refractivity contribution is -0.164. The molecule has 0 aromatic heterocycles. The normalized spacial score (nSPS) is 26.5. The topological polar surface area (TPSA) is 96.0 Å². The van der Waals surface area contributed by atoms with E-state index in [1.54, 1.807) is 13.8 Å². The number of Topliss-reactive ketones (excluding diaryl/α,β-unsaturated/α-hetero) is 1. The van der Waals surface area contributed by atoms with Gasteiger partial charge in [0.05, 0.1) is 11.3 Å². The summed E-state index contributed by atoms with van der Waals surface area (Å²) in [6.45, 7) is 13.6. The largest absolute Gasteiger partial charge is 0.462 e. The van der Waals surface area contributed by atoms with Gasteiger partial charge in [-0.2, -0.15) is 0 Å². The fourth-order valence-electron chi connectivity index (χ4n) is 5.41. The van der Waals surface area contributed by atoms with Crippen molar-refractivity contribution < 1.29 is 33.4 Å². The van der Waals surface area contributed by atoms with E-state index in [-0.39, 0.29) is 54.2 Å². The molecular weight excluding hydrogens is 424 g/mol. The number of ketones is 1. The number of ether oxygens (including phenoxy) is 3. The molecule has 0 saturated heterocycles. The van der Waals surface area contributed by atoms with Crippen LogP contribution in [0.3, 0.4) is 0 Å². The van der Waals surface area contributed by atoms with Gasteiger partial charge in [0.25, 0.3) is 0 Å². The molecule has 0 aromatic carbocycles. The van der Waals surface area contributed by atoms with Gasteiger partial charge in [0.1, 0.15) is 31.5 Å². The second-order valence-corrected chi connectivity index (χ2v) is 11.3. The van der Waals surface area contributed by atoms with Crippen LogP contribution in [-0.4, -0.2) is 43.0 Å². The standard InChI is InChI=1S/C26H42O7/c1-8-18(22(29)33-20-16-19-10-12-26(20,7)25(19,5)6)9-11-24(3,4)23(30)32-14-13-31-21(28)15-17(2)27/h18-20H,8-16H2,1-7H3. The van der Waals surface area contributed by atoms with E-state index >= 15 is 0 Å². The quantitative estimate of drug-likeness (QED) is 0.179. The zero-order valence-electron chi connectivity index (χ0n) is 21.5. The Balaban J connectivity index is 1.80. The average molecular weight is 467 g/mol. The second-order valence-electron chi connectivity index (χ2n) is 11.3. The highest BCUT2D eigenvalue weighted by atomic mass is 16.6. The minimum absolute atomic E-state index is 0.0303. The number of carbonyl (C=O) groups excluding carboxylic acids is 4. The van der Waals surface area contributed by atoms with Gasteiger partial charge in [-0.15, -0.1) is 0 Å². The summed E-state index contributed by atoms with van der Waals surface area (Å²) in [5.41, 5.74) is -0.564. The van der Waals surface area contributed by atoms with Crippen molar-refractivity contribution in [3.63, 3.8) is 0 Å². The maximum Gasteiger partial charge on any atom is 0.313 e. The Kier molecular flexibility index (Phi) is 8.74. The maximum atomic E-state index is 13.0. The molecule has 7 nitrogen and oxygen atoms in total. The summed E-state index contributed by atoms with van der Waals surface area (Å²) in [7, 11) is 0. The molecule has 0 aliphatic heterocycles. The lowest BCUT2D eigenvalue weighted by Crippen LogP contribution is -2.39. The predicted octanol–water partition coefficient (Wildman–Crippen LogP) is 4.64. The van der Waals surface area contributed by atoms with Gasteiger partial charge >= 0.3 is 17.9 Å². The molecule has 2 aliphatic carbocycles. The molecule has 2 aliphatic rings. The summed E-state index contributed by atoms with van der Waals surface area (Å²) >= 11 is 0. The molecule has 0 amide bonds. The van der Waals surface area contributed by atoms with Crippen LogP contribution in [0.5, 0.6) is 0 Å². The van der Waals surface area contributed by atoms with Gasteiger partial charge in [0.2, 0.25) is 0 Å². The van der Waals surface area contributed by atoms with Crippen LogP contribution in [0.4, 0.5) is 0 Å². The first kappa shape index (κ1) is 27.3. The third kappa shape index (κ3) is 6.15. The SMILES string of the molecule is CCC(CCC(C)(C)C(=O)OCCOC(=O)CC(C)=O)C(=O)OC1CC2CCC1(C)C2(C)C. The van der Waals surface area contributed by atoms with E-state index in [2.05, 4.69) is 20.8 Å². The molecule has 33 heavy (non-hydrogen) atoms. The molecule has 188 valence electrons. The van der Waals surface area contributed by atoms with Crippen molar-refractivity contribution in [2.45, 2.75) is 99.5 Å². The van der Waals surface area contributed by atoms with Crippen molar-refractivity contribution in [3.05, 3.63) is 0 Å². The molecule has 7 heteroatoms. The first-order chi connectivity index (χ1) is 15.2. The number of carbonyl (C=O) groups is 4. The minimum atomic E-state index is -0.780. The molecule has 4 atom stereocenters. The maximum absolute atomic E-state index is 13.0. The summed E-state index contributed by atoms with van der Waals surface area (Å²) in [4.78, 5) is 47.7. The summed E-state index contributed by atoms with van der Waals surface area (Å²) in [5, 5.41) is 0. The van der Waals surface area contributed by atoms with Gasteiger partial charge in [-0.1, -0.05) is 27.7 Å². The highest BCUT2D eigenvalue weighted by Gasteiger charge is 2.63. The van der Waals surface area contributed by atoms with E-state index in [1.807, 2.05) is 6.92 Å². The molecule has 4 unspecified atom stereocenters. The average Bonchev–Trinajstić information content (AvgIpc) is 3.04. The molecule has 0 heterocycles. The Morgan fingerprint density at radius 1 is 1.06 bits per heavy atom. The first-order valence-corrected chi connectivity index (χ1v) is 12.3. The van der Waals surface area contributed by atoms with E-state index in [0.29, 0.717) is 25.2 Å². The number of fused-ring (bicyclic) bond motifs is 2. The lowest BCUT2D eigenvalue weighted by Gasteiger charge is -2.39. The van der Waals surface area contributed by atoms with E-state index in [0.717, 1.165) is 12.8 Å². The van der Waals surface area contributed by atoms with Crippen LogP contribution in [0.15, 0.2) is 0 Å². The smallest absolute Gasteiger partial charge is 0.313 e. The van der Waals surface area contributed by atoms with Crippen LogP contribution in [0.2, 0.25) is 0 Å². The Bertz CT molecular complexity index is 754. The minimum Gasteiger partial charge on any atom is -0.462 e. The number of rotatable bonds is 12. The van der Waals surface area contributed by atoms with Gasteiger partial charge in [0.15, 0.2) is 0 Å². The predicted molar refractivity (Wildman–Crippen MR) is 123 cm³/mol. The van der Waals surface area contributed by atoms with Gasteiger partial charge in [-0.3, -0.25) is 19.2 Å². The molecule has 2 saturated carbocycles. The third-order valence-electron chi connectivity index (χ3n) is 8.44. The van der Waals surface area contributed by atoms with E-state index in [1.165, 1.54) is 13.3 Å². The van der Waals surface area contributed by atoms with Crippen LogP contribution in [0, 0.1) is 28.1 Å². The molecule has 2 rings (SSSR count). The van der Waals surface area contributed by atoms with Crippen molar-refractivity contribution in [3.8, 4) is 0 Å². The molecular formula is C26H42O7. The number of esters is 3. The van der Waals surface area contributed by atoms with Crippen molar-refractivity contribution in [2.24, 2.45) is 28.1 Å². The fraction of sp³-hybridized carbons (Fsp3) is 0.846. The summed E-state index contributed by atoms with van der Waals surface area (Å²) in [5.74, 6) is -1.12. The highest BCUT2D eigenvalue weighted by molar-refractivity contribution is 5.94. The van der Waals surface area contributed by atoms with Crippen molar-refractivity contribution in [1.82, 2.24) is 0 Å². The molecule has 0 N–H and O–H groups in total. The van der Waals surface area contributed by atoms with Crippen LogP contribution in [-0.2, 0) is 33.4 Å². The Morgan fingerprint density at radius 3 is 2.21 bits per heavy atom. The zero-order valence-corrected chi connectivity index (χ0v) is 21.5. The Hall–Kier alpha value is -1.92. The lowest BCUT2D eigenvalue weighted by atomic mass is 9.70. The molecule has 0 aromatic rings. The summed E-state index contributed by atoms with van der Waals surface area (Å²) < 4.78 is 16.2. The highest BCUT2D eigenvalue weighted by Crippen LogP contribution is 2.66. The van der Waals surface area contributed by atoms with E-state index < -0.39 is 17.4 Å².